The van der Waals surface area contributed by atoms with Crippen LogP contribution < -0.4 is 0 Å². The summed E-state index contributed by atoms with van der Waals surface area (Å²) in [5.74, 6) is 0. The Hall–Kier alpha value is -6.44. The van der Waals surface area contributed by atoms with E-state index in [4.69, 9.17) is 4.42 Å². The van der Waals surface area contributed by atoms with Gasteiger partial charge in [-0.15, -0.1) is 0 Å². The van der Waals surface area contributed by atoms with Crippen molar-refractivity contribution >= 4 is 75.8 Å². The van der Waals surface area contributed by atoms with Crippen LogP contribution in [0.3, 0.4) is 0 Å². The minimum Gasteiger partial charge on any atom is -0.455 e. The summed E-state index contributed by atoms with van der Waals surface area (Å²) in [5, 5.41) is 15.0. The molecule has 0 saturated carbocycles. The summed E-state index contributed by atoms with van der Waals surface area (Å²) >= 11 is 0. The molecule has 10 aromatic carbocycles. The van der Waals surface area contributed by atoms with E-state index < -0.39 is 0 Å². The number of furan rings is 1. The summed E-state index contributed by atoms with van der Waals surface area (Å²) in [6, 6.07) is 62.0. The van der Waals surface area contributed by atoms with E-state index in [1.807, 2.05) is 0 Å². The van der Waals surface area contributed by atoms with Crippen LogP contribution in [-0.2, 0) is 0 Å². The number of rotatable bonds is 3. The minimum absolute atomic E-state index is 0.907. The largest absolute Gasteiger partial charge is 0.455 e. The van der Waals surface area contributed by atoms with Crippen molar-refractivity contribution in [2.24, 2.45) is 0 Å². The maximum atomic E-state index is 6.77. The first-order valence-corrected chi connectivity index (χ1v) is 16.9. The monoisotopic (exact) mass is 620 g/mol. The van der Waals surface area contributed by atoms with Crippen molar-refractivity contribution in [3.63, 3.8) is 0 Å². The van der Waals surface area contributed by atoms with Gasteiger partial charge in [0.1, 0.15) is 11.2 Å². The van der Waals surface area contributed by atoms with Crippen molar-refractivity contribution in [1.29, 1.82) is 0 Å². The van der Waals surface area contributed by atoms with E-state index >= 15 is 0 Å². The molecule has 226 valence electrons. The van der Waals surface area contributed by atoms with Gasteiger partial charge in [0.2, 0.25) is 0 Å². The molecule has 0 unspecified atom stereocenters. The molecule has 0 aliphatic carbocycles. The molecule has 0 N–H and O–H groups in total. The van der Waals surface area contributed by atoms with E-state index in [0.29, 0.717) is 0 Å². The molecule has 0 bridgehead atoms. The molecule has 0 radical (unpaired) electrons. The molecule has 0 amide bonds. The number of hydrogen-bond donors (Lipinski definition) is 0. The van der Waals surface area contributed by atoms with Crippen LogP contribution in [0.5, 0.6) is 0 Å². The molecular weight excluding hydrogens is 593 g/mol. The van der Waals surface area contributed by atoms with Crippen LogP contribution in [0.2, 0.25) is 0 Å². The molecule has 1 nitrogen and oxygen atoms in total. The smallest absolute Gasteiger partial charge is 0.143 e. The predicted molar refractivity (Wildman–Crippen MR) is 209 cm³/mol. The van der Waals surface area contributed by atoms with Gasteiger partial charge < -0.3 is 4.42 Å². The third kappa shape index (κ3) is 3.82. The average Bonchev–Trinajstić information content (AvgIpc) is 3.56. The van der Waals surface area contributed by atoms with Gasteiger partial charge in [0, 0.05) is 16.3 Å². The van der Waals surface area contributed by atoms with Crippen molar-refractivity contribution in [3.8, 4) is 33.4 Å². The first-order chi connectivity index (χ1) is 24.3. The second-order valence-corrected chi connectivity index (χ2v) is 13.2. The first kappa shape index (κ1) is 26.6. The number of benzene rings is 10. The van der Waals surface area contributed by atoms with E-state index in [0.717, 1.165) is 27.5 Å². The fourth-order valence-electron chi connectivity index (χ4n) is 8.39. The van der Waals surface area contributed by atoms with Crippen LogP contribution in [0.1, 0.15) is 0 Å². The number of fused-ring (bicyclic) bond motifs is 5. The Morgan fingerprint density at radius 2 is 0.857 bits per heavy atom. The van der Waals surface area contributed by atoms with Gasteiger partial charge in [-0.2, -0.15) is 0 Å². The number of hydrogen-bond acceptors (Lipinski definition) is 1. The Balaban J connectivity index is 1.16. The highest BCUT2D eigenvalue weighted by atomic mass is 16.3. The molecule has 0 atom stereocenters. The molecule has 49 heavy (non-hydrogen) atoms. The quantitative estimate of drug-likeness (QED) is 0.179. The third-order valence-electron chi connectivity index (χ3n) is 10.6. The summed E-state index contributed by atoms with van der Waals surface area (Å²) in [5.41, 5.74) is 9.07. The maximum Gasteiger partial charge on any atom is 0.143 e. The van der Waals surface area contributed by atoms with Gasteiger partial charge in [-0.1, -0.05) is 158 Å². The molecular formula is C48H28O. The highest BCUT2D eigenvalue weighted by molar-refractivity contribution is 6.29. The van der Waals surface area contributed by atoms with E-state index in [9.17, 15) is 0 Å². The van der Waals surface area contributed by atoms with Gasteiger partial charge in [0.05, 0.1) is 0 Å². The van der Waals surface area contributed by atoms with Crippen molar-refractivity contribution in [1.82, 2.24) is 0 Å². The minimum atomic E-state index is 0.907. The second kappa shape index (κ2) is 10.0. The molecule has 0 spiro atoms. The predicted octanol–water partition coefficient (Wildman–Crippen LogP) is 13.8. The standard InChI is InChI=1S/C48H28O/c1-2-10-33-28-34(19-18-29(33)8-1)36-24-20-31-23-27-41-38(25-21-32-22-26-40(36)45(31)46(32)41)39-14-7-17-44-47(39)43-16-6-15-42(48(43)49-44)37-13-5-11-30-9-3-4-12-35(30)37/h1-28H. The van der Waals surface area contributed by atoms with Gasteiger partial charge >= 0.3 is 0 Å². The van der Waals surface area contributed by atoms with E-state index in [-0.39, 0.29) is 0 Å². The molecule has 0 aliphatic rings. The molecule has 1 aromatic heterocycles. The average molecular weight is 621 g/mol. The maximum absolute atomic E-state index is 6.77. The summed E-state index contributed by atoms with van der Waals surface area (Å²) in [6.07, 6.45) is 0. The topological polar surface area (TPSA) is 13.1 Å². The zero-order chi connectivity index (χ0) is 32.1. The highest BCUT2D eigenvalue weighted by Gasteiger charge is 2.20. The van der Waals surface area contributed by atoms with Gasteiger partial charge in [-0.25, -0.2) is 0 Å². The summed E-state index contributed by atoms with van der Waals surface area (Å²) in [6.45, 7) is 0. The Bertz CT molecular complexity index is 3100. The van der Waals surface area contributed by atoms with Crippen LogP contribution >= 0.6 is 0 Å². The zero-order valence-corrected chi connectivity index (χ0v) is 26.6. The second-order valence-electron chi connectivity index (χ2n) is 13.2. The molecule has 11 aromatic rings. The SMILES string of the molecule is c1ccc2cc(-c3ccc4ccc5c(-c6cccc7oc8c(-c9cccc%10ccccc9%10)cccc8c67)ccc6ccc3c4c65)ccc2c1. The van der Waals surface area contributed by atoms with Crippen LogP contribution in [0.15, 0.2) is 174 Å². The van der Waals surface area contributed by atoms with Crippen molar-refractivity contribution in [2.75, 3.05) is 0 Å². The number of para-hydroxylation sites is 1. The fourth-order valence-corrected chi connectivity index (χ4v) is 8.39. The van der Waals surface area contributed by atoms with Gasteiger partial charge in [0.25, 0.3) is 0 Å². The Morgan fingerprint density at radius 1 is 0.286 bits per heavy atom. The summed E-state index contributed by atoms with van der Waals surface area (Å²) in [7, 11) is 0. The van der Waals surface area contributed by atoms with Crippen LogP contribution in [0, 0.1) is 0 Å². The van der Waals surface area contributed by atoms with Crippen molar-refractivity contribution in [3.05, 3.63) is 170 Å². The molecule has 0 saturated heterocycles. The molecule has 1 heterocycles. The lowest BCUT2D eigenvalue weighted by Crippen LogP contribution is -1.90. The highest BCUT2D eigenvalue weighted by Crippen LogP contribution is 2.46. The van der Waals surface area contributed by atoms with Crippen LogP contribution in [0.25, 0.3) is 109 Å². The first-order valence-electron chi connectivity index (χ1n) is 16.9. The Morgan fingerprint density at radius 3 is 1.71 bits per heavy atom. The zero-order valence-electron chi connectivity index (χ0n) is 26.6. The van der Waals surface area contributed by atoms with E-state index in [1.54, 1.807) is 0 Å². The van der Waals surface area contributed by atoms with Gasteiger partial charge in [-0.3, -0.25) is 0 Å². The third-order valence-corrected chi connectivity index (χ3v) is 10.6. The van der Waals surface area contributed by atoms with Gasteiger partial charge in [0.15, 0.2) is 0 Å². The Labute approximate surface area is 282 Å². The van der Waals surface area contributed by atoms with E-state index in [1.165, 1.54) is 81.7 Å². The summed E-state index contributed by atoms with van der Waals surface area (Å²) in [4.78, 5) is 0. The molecule has 0 fully saturated rings. The van der Waals surface area contributed by atoms with Gasteiger partial charge in [-0.05, 0) is 93.8 Å². The van der Waals surface area contributed by atoms with Crippen molar-refractivity contribution < 1.29 is 4.42 Å². The summed E-state index contributed by atoms with van der Waals surface area (Å²) < 4.78 is 6.77. The Kier molecular flexibility index (Phi) is 5.45. The molecule has 0 aliphatic heterocycles. The molecule has 1 heteroatoms. The van der Waals surface area contributed by atoms with Crippen molar-refractivity contribution in [2.45, 2.75) is 0 Å². The molecule has 11 rings (SSSR count). The lowest BCUT2D eigenvalue weighted by atomic mass is 9.86. The fraction of sp³-hybridized carbons (Fsp3) is 0. The van der Waals surface area contributed by atoms with Crippen LogP contribution in [0.4, 0.5) is 0 Å². The van der Waals surface area contributed by atoms with Crippen LogP contribution in [-0.4, -0.2) is 0 Å². The normalized spacial score (nSPS) is 12.1. The van der Waals surface area contributed by atoms with E-state index in [2.05, 4.69) is 170 Å². The lowest BCUT2D eigenvalue weighted by molar-refractivity contribution is 0.670. The lowest BCUT2D eigenvalue weighted by Gasteiger charge is -2.17.